The van der Waals surface area contributed by atoms with E-state index in [4.69, 9.17) is 9.47 Å². The summed E-state index contributed by atoms with van der Waals surface area (Å²) < 4.78 is 15.2. The molecule has 1 fully saturated rings. The molecule has 0 aromatic rings. The van der Waals surface area contributed by atoms with E-state index in [1.165, 1.54) is 7.11 Å². The van der Waals surface area contributed by atoms with E-state index in [2.05, 4.69) is 4.74 Å². The van der Waals surface area contributed by atoms with Crippen molar-refractivity contribution in [1.29, 1.82) is 0 Å². The van der Waals surface area contributed by atoms with Gasteiger partial charge in [-0.3, -0.25) is 0 Å². The van der Waals surface area contributed by atoms with Gasteiger partial charge >= 0.3 is 5.97 Å². The van der Waals surface area contributed by atoms with Crippen LogP contribution in [0.25, 0.3) is 0 Å². The Labute approximate surface area is 71.8 Å². The fourth-order valence-corrected chi connectivity index (χ4v) is 1.23. The number of esters is 1. The van der Waals surface area contributed by atoms with Crippen LogP contribution in [0.1, 0.15) is 20.8 Å². The van der Waals surface area contributed by atoms with Gasteiger partial charge in [-0.2, -0.15) is 0 Å². The first-order valence-corrected chi connectivity index (χ1v) is 3.82. The van der Waals surface area contributed by atoms with Crippen LogP contribution in [0.2, 0.25) is 0 Å². The zero-order valence-electron chi connectivity index (χ0n) is 7.84. The lowest BCUT2D eigenvalue weighted by molar-refractivity contribution is -0.184. The first-order chi connectivity index (χ1) is 5.40. The van der Waals surface area contributed by atoms with Crippen molar-refractivity contribution >= 4 is 5.97 Å². The Bertz CT molecular complexity index is 199. The van der Waals surface area contributed by atoms with Crippen molar-refractivity contribution < 1.29 is 19.0 Å². The average Bonchev–Trinajstić information content (AvgIpc) is 2.25. The van der Waals surface area contributed by atoms with Crippen molar-refractivity contribution in [2.75, 3.05) is 13.7 Å². The van der Waals surface area contributed by atoms with Crippen molar-refractivity contribution in [2.24, 2.45) is 0 Å². The Balaban J connectivity index is 2.71. The molecule has 0 aromatic heterocycles. The number of hydrogen-bond acceptors (Lipinski definition) is 4. The molecular formula is C8H14O4. The molecule has 4 nitrogen and oxygen atoms in total. The maximum Gasteiger partial charge on any atom is 0.340 e. The lowest BCUT2D eigenvalue weighted by Crippen LogP contribution is -2.40. The molecule has 1 saturated heterocycles. The smallest absolute Gasteiger partial charge is 0.340 e. The van der Waals surface area contributed by atoms with Crippen LogP contribution in [-0.2, 0) is 19.0 Å². The maximum absolute atomic E-state index is 11.2. The van der Waals surface area contributed by atoms with Gasteiger partial charge in [-0.1, -0.05) is 0 Å². The summed E-state index contributed by atoms with van der Waals surface area (Å²) in [5, 5.41) is 0. The lowest BCUT2D eigenvalue weighted by Gasteiger charge is -2.22. The molecule has 0 amide bonds. The fraction of sp³-hybridized carbons (Fsp3) is 0.875. The molecule has 12 heavy (non-hydrogen) atoms. The minimum atomic E-state index is -0.946. The van der Waals surface area contributed by atoms with E-state index in [-0.39, 0.29) is 6.61 Å². The monoisotopic (exact) mass is 174 g/mol. The summed E-state index contributed by atoms with van der Waals surface area (Å²) in [7, 11) is 1.34. The molecule has 0 aromatic carbocycles. The molecule has 4 heteroatoms. The van der Waals surface area contributed by atoms with Crippen molar-refractivity contribution in [3.8, 4) is 0 Å². The molecule has 1 aliphatic heterocycles. The van der Waals surface area contributed by atoms with Crippen LogP contribution in [0, 0.1) is 0 Å². The maximum atomic E-state index is 11.2. The van der Waals surface area contributed by atoms with E-state index in [0.717, 1.165) is 0 Å². The molecule has 1 atom stereocenters. The number of methoxy groups -OCH3 is 1. The average molecular weight is 174 g/mol. The molecule has 0 saturated carbocycles. The summed E-state index contributed by atoms with van der Waals surface area (Å²) >= 11 is 0. The largest absolute Gasteiger partial charge is 0.467 e. The predicted octanol–water partition coefficient (Wildman–Crippen LogP) is 0.701. The number of rotatable bonds is 1. The van der Waals surface area contributed by atoms with Gasteiger partial charge in [0.2, 0.25) is 0 Å². The van der Waals surface area contributed by atoms with Gasteiger partial charge in [-0.15, -0.1) is 0 Å². The summed E-state index contributed by atoms with van der Waals surface area (Å²) in [5.41, 5.74) is -0.946. The van der Waals surface area contributed by atoms with Crippen LogP contribution in [-0.4, -0.2) is 31.1 Å². The molecule has 1 rings (SSSR count). The molecule has 1 heterocycles. The first-order valence-electron chi connectivity index (χ1n) is 3.82. The molecule has 0 aliphatic carbocycles. The van der Waals surface area contributed by atoms with Crippen molar-refractivity contribution in [1.82, 2.24) is 0 Å². The van der Waals surface area contributed by atoms with Gasteiger partial charge in [0, 0.05) is 0 Å². The van der Waals surface area contributed by atoms with E-state index in [0.29, 0.717) is 0 Å². The molecule has 1 aliphatic rings. The normalized spacial score (nSPS) is 33.3. The Hall–Kier alpha value is -0.610. The molecule has 0 N–H and O–H groups in total. The van der Waals surface area contributed by atoms with E-state index < -0.39 is 17.4 Å². The molecule has 70 valence electrons. The van der Waals surface area contributed by atoms with E-state index in [1.807, 2.05) is 0 Å². The topological polar surface area (TPSA) is 44.8 Å². The van der Waals surface area contributed by atoms with E-state index in [9.17, 15) is 4.79 Å². The summed E-state index contributed by atoms with van der Waals surface area (Å²) in [6.45, 7) is 5.43. The van der Waals surface area contributed by atoms with Gasteiger partial charge in [-0.25, -0.2) is 4.79 Å². The highest BCUT2D eigenvalue weighted by molar-refractivity contribution is 5.79. The Morgan fingerprint density at radius 1 is 1.42 bits per heavy atom. The number of ether oxygens (including phenoxy) is 3. The second kappa shape index (κ2) is 2.71. The third-order valence-corrected chi connectivity index (χ3v) is 1.78. The van der Waals surface area contributed by atoms with Crippen LogP contribution in [0.4, 0.5) is 0 Å². The Morgan fingerprint density at radius 2 is 2.00 bits per heavy atom. The van der Waals surface area contributed by atoms with Crippen LogP contribution in [0.15, 0.2) is 0 Å². The molecule has 0 radical (unpaired) electrons. The van der Waals surface area contributed by atoms with Crippen molar-refractivity contribution in [3.05, 3.63) is 0 Å². The van der Waals surface area contributed by atoms with Crippen LogP contribution >= 0.6 is 0 Å². The number of carbonyl (C=O) groups is 1. The van der Waals surface area contributed by atoms with Gasteiger partial charge in [-0.05, 0) is 20.8 Å². The molecule has 1 unspecified atom stereocenters. The predicted molar refractivity (Wildman–Crippen MR) is 41.5 cm³/mol. The molecular weight excluding hydrogens is 160 g/mol. The van der Waals surface area contributed by atoms with Crippen molar-refractivity contribution in [3.63, 3.8) is 0 Å². The summed E-state index contributed by atoms with van der Waals surface area (Å²) in [5.74, 6) is -1.09. The van der Waals surface area contributed by atoms with Gasteiger partial charge in [0.1, 0.15) is 0 Å². The SMILES string of the molecule is COC(=O)C1(C)COC(C)(C)O1. The van der Waals surface area contributed by atoms with Gasteiger partial charge < -0.3 is 14.2 Å². The second-order valence-corrected chi connectivity index (χ2v) is 3.51. The quantitative estimate of drug-likeness (QED) is 0.549. The van der Waals surface area contributed by atoms with E-state index in [1.54, 1.807) is 20.8 Å². The highest BCUT2D eigenvalue weighted by Crippen LogP contribution is 2.31. The fourth-order valence-electron chi connectivity index (χ4n) is 1.23. The zero-order chi connectivity index (χ0) is 9.41. The van der Waals surface area contributed by atoms with Crippen LogP contribution in [0.5, 0.6) is 0 Å². The minimum Gasteiger partial charge on any atom is -0.467 e. The van der Waals surface area contributed by atoms with Gasteiger partial charge in [0.25, 0.3) is 0 Å². The number of hydrogen-bond donors (Lipinski definition) is 0. The summed E-state index contributed by atoms with van der Waals surface area (Å²) in [6, 6.07) is 0. The van der Waals surface area contributed by atoms with Crippen molar-refractivity contribution in [2.45, 2.75) is 32.2 Å². The zero-order valence-corrected chi connectivity index (χ0v) is 7.84. The molecule has 0 bridgehead atoms. The Kier molecular flexibility index (Phi) is 2.14. The van der Waals surface area contributed by atoms with Crippen LogP contribution < -0.4 is 0 Å². The second-order valence-electron chi connectivity index (χ2n) is 3.51. The number of carbonyl (C=O) groups excluding carboxylic acids is 1. The summed E-state index contributed by atoms with van der Waals surface area (Å²) in [4.78, 5) is 11.2. The highest BCUT2D eigenvalue weighted by atomic mass is 16.8. The summed E-state index contributed by atoms with van der Waals surface area (Å²) in [6.07, 6.45) is 0. The van der Waals surface area contributed by atoms with Crippen LogP contribution in [0.3, 0.4) is 0 Å². The first kappa shape index (κ1) is 9.48. The Morgan fingerprint density at radius 3 is 2.33 bits per heavy atom. The van der Waals surface area contributed by atoms with Gasteiger partial charge in [0.05, 0.1) is 13.7 Å². The van der Waals surface area contributed by atoms with Gasteiger partial charge in [0.15, 0.2) is 11.4 Å². The third-order valence-electron chi connectivity index (χ3n) is 1.78. The van der Waals surface area contributed by atoms with E-state index >= 15 is 0 Å². The minimum absolute atomic E-state index is 0.243. The lowest BCUT2D eigenvalue weighted by atomic mass is 10.1. The standard InChI is InChI=1S/C8H14O4/c1-7(2)11-5-8(3,12-7)6(9)10-4/h5H2,1-4H3. The molecule has 0 spiro atoms. The third kappa shape index (κ3) is 1.59. The highest BCUT2D eigenvalue weighted by Gasteiger charge is 2.48.